The van der Waals surface area contributed by atoms with Crippen LogP contribution in [-0.2, 0) is 0 Å². The Labute approximate surface area is 96.5 Å². The smallest absolute Gasteiger partial charge is 0.251 e. The van der Waals surface area contributed by atoms with E-state index >= 15 is 0 Å². The van der Waals surface area contributed by atoms with Gasteiger partial charge in [0, 0.05) is 24.7 Å². The Morgan fingerprint density at radius 3 is 2.69 bits per heavy atom. The van der Waals surface area contributed by atoms with Crippen LogP contribution in [0.5, 0.6) is 0 Å². The molecule has 3 nitrogen and oxygen atoms in total. The molecule has 1 saturated carbocycles. The molecule has 0 spiro atoms. The van der Waals surface area contributed by atoms with E-state index in [2.05, 4.69) is 17.3 Å². The van der Waals surface area contributed by atoms with Gasteiger partial charge in [-0.2, -0.15) is 0 Å². The average molecular weight is 218 g/mol. The quantitative estimate of drug-likeness (QED) is 0.812. The highest BCUT2D eigenvalue weighted by molar-refractivity contribution is 5.94. The third-order valence-electron chi connectivity index (χ3n) is 2.96. The number of benzene rings is 1. The van der Waals surface area contributed by atoms with Gasteiger partial charge in [-0.05, 0) is 32.0 Å². The van der Waals surface area contributed by atoms with Crippen LogP contribution < -0.4 is 5.32 Å². The summed E-state index contributed by atoms with van der Waals surface area (Å²) >= 11 is 0. The third kappa shape index (κ3) is 3.07. The van der Waals surface area contributed by atoms with Crippen molar-refractivity contribution in [1.29, 1.82) is 0 Å². The number of nitrogens with zero attached hydrogens (tertiary/aromatic N) is 1. The van der Waals surface area contributed by atoms with Crippen LogP contribution >= 0.6 is 0 Å². The molecule has 1 aromatic rings. The first kappa shape index (κ1) is 11.1. The van der Waals surface area contributed by atoms with Gasteiger partial charge in [-0.3, -0.25) is 4.79 Å². The number of rotatable bonds is 5. The second kappa shape index (κ2) is 5.12. The second-order valence-corrected chi connectivity index (χ2v) is 4.33. The molecule has 0 heterocycles. The standard InChI is InChI=1S/C13H18N2O/c1-15(12-7-8-12)10-9-14-13(16)11-5-3-2-4-6-11/h2-6,12H,7-10H2,1H3,(H,14,16). The molecule has 0 saturated heterocycles. The van der Waals surface area contributed by atoms with E-state index in [0.717, 1.165) is 24.7 Å². The van der Waals surface area contributed by atoms with E-state index in [9.17, 15) is 4.79 Å². The first-order valence-corrected chi connectivity index (χ1v) is 5.81. The number of amides is 1. The van der Waals surface area contributed by atoms with Gasteiger partial charge in [0.1, 0.15) is 0 Å². The second-order valence-electron chi connectivity index (χ2n) is 4.33. The zero-order chi connectivity index (χ0) is 11.4. The fraction of sp³-hybridized carbons (Fsp3) is 0.462. The van der Waals surface area contributed by atoms with Crippen LogP contribution in [0.15, 0.2) is 30.3 Å². The minimum absolute atomic E-state index is 0.0183. The SMILES string of the molecule is CN(CCNC(=O)c1ccccc1)C1CC1. The summed E-state index contributed by atoms with van der Waals surface area (Å²) in [4.78, 5) is 14.0. The van der Waals surface area contributed by atoms with Crippen molar-refractivity contribution in [1.82, 2.24) is 10.2 Å². The van der Waals surface area contributed by atoms with E-state index in [-0.39, 0.29) is 5.91 Å². The molecular weight excluding hydrogens is 200 g/mol. The Bertz CT molecular complexity index is 346. The highest BCUT2D eigenvalue weighted by Crippen LogP contribution is 2.24. The van der Waals surface area contributed by atoms with Gasteiger partial charge in [-0.1, -0.05) is 18.2 Å². The Morgan fingerprint density at radius 1 is 1.38 bits per heavy atom. The maximum atomic E-state index is 11.7. The van der Waals surface area contributed by atoms with E-state index in [1.807, 2.05) is 30.3 Å². The Morgan fingerprint density at radius 2 is 2.06 bits per heavy atom. The molecule has 1 amide bonds. The lowest BCUT2D eigenvalue weighted by Crippen LogP contribution is -2.33. The maximum Gasteiger partial charge on any atom is 0.251 e. The molecule has 0 atom stereocenters. The summed E-state index contributed by atoms with van der Waals surface area (Å²) in [7, 11) is 2.12. The monoisotopic (exact) mass is 218 g/mol. The molecule has 86 valence electrons. The number of hydrogen-bond acceptors (Lipinski definition) is 2. The fourth-order valence-electron chi connectivity index (χ4n) is 1.74. The maximum absolute atomic E-state index is 11.7. The summed E-state index contributed by atoms with van der Waals surface area (Å²) in [6.07, 6.45) is 2.62. The zero-order valence-corrected chi connectivity index (χ0v) is 9.65. The third-order valence-corrected chi connectivity index (χ3v) is 2.96. The molecule has 1 aliphatic carbocycles. The van der Waals surface area contributed by atoms with Gasteiger partial charge in [-0.15, -0.1) is 0 Å². The Kier molecular flexibility index (Phi) is 3.57. The number of hydrogen-bond donors (Lipinski definition) is 1. The van der Waals surface area contributed by atoms with E-state index in [4.69, 9.17) is 0 Å². The molecule has 1 aromatic carbocycles. The van der Waals surface area contributed by atoms with Crippen molar-refractivity contribution in [2.24, 2.45) is 0 Å². The highest BCUT2D eigenvalue weighted by Gasteiger charge is 2.25. The number of likely N-dealkylation sites (N-methyl/N-ethyl adjacent to an activating group) is 1. The molecule has 16 heavy (non-hydrogen) atoms. The highest BCUT2D eigenvalue weighted by atomic mass is 16.1. The Hall–Kier alpha value is -1.35. The molecule has 3 heteroatoms. The van der Waals surface area contributed by atoms with Gasteiger partial charge < -0.3 is 10.2 Å². The van der Waals surface area contributed by atoms with Crippen molar-refractivity contribution in [3.05, 3.63) is 35.9 Å². The summed E-state index contributed by atoms with van der Waals surface area (Å²) in [5, 5.41) is 2.93. The topological polar surface area (TPSA) is 32.3 Å². The van der Waals surface area contributed by atoms with Crippen molar-refractivity contribution >= 4 is 5.91 Å². The summed E-state index contributed by atoms with van der Waals surface area (Å²) in [6, 6.07) is 10.1. The van der Waals surface area contributed by atoms with Gasteiger partial charge in [-0.25, -0.2) is 0 Å². The van der Waals surface area contributed by atoms with Crippen molar-refractivity contribution in [3.8, 4) is 0 Å². The molecule has 0 aromatic heterocycles. The summed E-state index contributed by atoms with van der Waals surface area (Å²) in [5.74, 6) is 0.0183. The first-order valence-electron chi connectivity index (χ1n) is 5.81. The van der Waals surface area contributed by atoms with Crippen LogP contribution in [0.25, 0.3) is 0 Å². The molecular formula is C13H18N2O. The van der Waals surface area contributed by atoms with Crippen LogP contribution in [0, 0.1) is 0 Å². The van der Waals surface area contributed by atoms with Crippen molar-refractivity contribution in [2.45, 2.75) is 18.9 Å². The normalized spacial score (nSPS) is 15.1. The van der Waals surface area contributed by atoms with Crippen molar-refractivity contribution in [2.75, 3.05) is 20.1 Å². The average Bonchev–Trinajstić information content (AvgIpc) is 3.14. The fourth-order valence-corrected chi connectivity index (χ4v) is 1.74. The van der Waals surface area contributed by atoms with Gasteiger partial charge in [0.2, 0.25) is 0 Å². The molecule has 1 N–H and O–H groups in total. The van der Waals surface area contributed by atoms with Gasteiger partial charge in [0.25, 0.3) is 5.91 Å². The van der Waals surface area contributed by atoms with E-state index in [1.54, 1.807) is 0 Å². The van der Waals surface area contributed by atoms with Crippen molar-refractivity contribution in [3.63, 3.8) is 0 Å². The van der Waals surface area contributed by atoms with Gasteiger partial charge in [0.05, 0.1) is 0 Å². The molecule has 1 fully saturated rings. The predicted molar refractivity (Wildman–Crippen MR) is 64.4 cm³/mol. The molecule has 0 radical (unpaired) electrons. The lowest BCUT2D eigenvalue weighted by Gasteiger charge is -2.15. The molecule has 0 unspecified atom stereocenters. The summed E-state index contributed by atoms with van der Waals surface area (Å²) in [6.45, 7) is 1.66. The first-order chi connectivity index (χ1) is 7.77. The molecule has 2 rings (SSSR count). The van der Waals surface area contributed by atoms with Crippen LogP contribution in [0.4, 0.5) is 0 Å². The van der Waals surface area contributed by atoms with Crippen LogP contribution in [0.2, 0.25) is 0 Å². The van der Waals surface area contributed by atoms with E-state index in [0.29, 0.717) is 0 Å². The largest absolute Gasteiger partial charge is 0.351 e. The van der Waals surface area contributed by atoms with Crippen molar-refractivity contribution < 1.29 is 4.79 Å². The van der Waals surface area contributed by atoms with E-state index in [1.165, 1.54) is 12.8 Å². The van der Waals surface area contributed by atoms with Gasteiger partial charge in [0.15, 0.2) is 0 Å². The van der Waals surface area contributed by atoms with Gasteiger partial charge >= 0.3 is 0 Å². The number of carbonyl (C=O) groups excluding carboxylic acids is 1. The van der Waals surface area contributed by atoms with Crippen LogP contribution in [-0.4, -0.2) is 37.0 Å². The minimum atomic E-state index is 0.0183. The minimum Gasteiger partial charge on any atom is -0.351 e. The van der Waals surface area contributed by atoms with Crippen LogP contribution in [0.1, 0.15) is 23.2 Å². The summed E-state index contributed by atoms with van der Waals surface area (Å²) in [5.41, 5.74) is 0.733. The molecule has 0 bridgehead atoms. The zero-order valence-electron chi connectivity index (χ0n) is 9.65. The van der Waals surface area contributed by atoms with E-state index < -0.39 is 0 Å². The van der Waals surface area contributed by atoms with Crippen LogP contribution in [0.3, 0.4) is 0 Å². The molecule has 0 aliphatic heterocycles. The number of carbonyl (C=O) groups is 1. The number of nitrogens with one attached hydrogen (secondary N) is 1. The lowest BCUT2D eigenvalue weighted by molar-refractivity contribution is 0.0949. The predicted octanol–water partition coefficient (Wildman–Crippen LogP) is 1.51. The summed E-state index contributed by atoms with van der Waals surface area (Å²) < 4.78 is 0. The Balaban J connectivity index is 1.71. The molecule has 1 aliphatic rings. The lowest BCUT2D eigenvalue weighted by atomic mass is 10.2.